The normalized spacial score (nSPS) is 19.5. The Morgan fingerprint density at radius 1 is 0.877 bits per heavy atom. The van der Waals surface area contributed by atoms with E-state index in [0.717, 1.165) is 103 Å². The molecule has 2 saturated heterocycles. The number of nitrogens with one attached hydrogen (secondary N) is 3. The Hall–Kier alpha value is -5.55. The smallest absolute Gasteiger partial charge is 0.258 e. The molecule has 3 N–H and O–H groups in total. The third kappa shape index (κ3) is 7.77. The molecule has 57 heavy (non-hydrogen) atoms. The van der Waals surface area contributed by atoms with Gasteiger partial charge in [0.2, 0.25) is 11.8 Å². The molecule has 6 heterocycles. The van der Waals surface area contributed by atoms with Crippen molar-refractivity contribution in [3.8, 4) is 22.9 Å². The lowest BCUT2D eigenvalue weighted by atomic mass is 9.95. The zero-order valence-electron chi connectivity index (χ0n) is 31.0. The number of carbonyl (C=O) groups is 1. The van der Waals surface area contributed by atoms with E-state index in [9.17, 15) is 4.79 Å². The molecule has 1 amide bonds. The Morgan fingerprint density at radius 2 is 1.60 bits per heavy atom. The van der Waals surface area contributed by atoms with Crippen LogP contribution in [0, 0.1) is 0 Å². The van der Waals surface area contributed by atoms with Gasteiger partial charge >= 0.3 is 0 Å². The Morgan fingerprint density at radius 3 is 2.28 bits per heavy atom. The monoisotopic (exact) mass is 807 g/mol. The summed E-state index contributed by atoms with van der Waals surface area (Å²) in [5, 5.41) is 32.7. The summed E-state index contributed by atoms with van der Waals surface area (Å²) in [7, 11) is 1.60. The van der Waals surface area contributed by atoms with Gasteiger partial charge in [-0.2, -0.15) is 15.4 Å². The van der Waals surface area contributed by atoms with Crippen molar-refractivity contribution in [1.82, 2.24) is 61.0 Å². The average Bonchev–Trinajstić information content (AvgIpc) is 4.08. The van der Waals surface area contributed by atoms with Crippen LogP contribution in [0.15, 0.2) is 60.8 Å². The summed E-state index contributed by atoms with van der Waals surface area (Å²) in [6.07, 6.45) is 4.88. The molecule has 2 aromatic carbocycles. The molecule has 18 heteroatoms. The van der Waals surface area contributed by atoms with E-state index in [0.29, 0.717) is 39.7 Å². The van der Waals surface area contributed by atoms with Crippen LogP contribution in [0.1, 0.15) is 81.5 Å². The molecule has 1 aliphatic carbocycles. The number of rotatable bonds is 12. The maximum Gasteiger partial charge on any atom is 0.258 e. The van der Waals surface area contributed by atoms with E-state index in [1.807, 2.05) is 42.5 Å². The zero-order valence-corrected chi connectivity index (χ0v) is 32.5. The number of anilines is 1. The fraction of sp³-hybridized carbons (Fsp3) is 0.359. The zero-order chi connectivity index (χ0) is 38.9. The number of hydrogen-bond donors (Lipinski definition) is 3. The third-order valence-electron chi connectivity index (χ3n) is 11.0. The number of halogens is 2. The predicted octanol–water partition coefficient (Wildman–Crippen LogP) is 5.78. The molecule has 2 fully saturated rings. The van der Waals surface area contributed by atoms with Gasteiger partial charge in [0.25, 0.3) is 5.91 Å². The van der Waals surface area contributed by atoms with E-state index in [1.54, 1.807) is 19.4 Å². The van der Waals surface area contributed by atoms with Crippen molar-refractivity contribution < 1.29 is 14.3 Å². The van der Waals surface area contributed by atoms with Gasteiger partial charge in [0.05, 0.1) is 17.7 Å². The van der Waals surface area contributed by atoms with Crippen LogP contribution in [0.5, 0.6) is 11.8 Å². The number of methoxy groups -OCH3 is 1. The van der Waals surface area contributed by atoms with Gasteiger partial charge in [-0.1, -0.05) is 70.0 Å². The van der Waals surface area contributed by atoms with Gasteiger partial charge in [-0.25, -0.2) is 4.98 Å². The lowest BCUT2D eigenvalue weighted by molar-refractivity contribution is 0.102. The predicted molar refractivity (Wildman–Crippen MR) is 210 cm³/mol. The van der Waals surface area contributed by atoms with Crippen molar-refractivity contribution in [2.75, 3.05) is 38.6 Å². The highest BCUT2D eigenvalue weighted by molar-refractivity contribution is 6.37. The molecule has 3 aliphatic rings. The van der Waals surface area contributed by atoms with Crippen LogP contribution in [-0.2, 0) is 19.5 Å². The van der Waals surface area contributed by atoms with E-state index in [2.05, 4.69) is 67.4 Å². The summed E-state index contributed by atoms with van der Waals surface area (Å²) in [6, 6.07) is 17.2. The molecule has 9 rings (SSSR count). The number of benzene rings is 2. The van der Waals surface area contributed by atoms with Crippen LogP contribution < -0.4 is 14.8 Å². The topological polar surface area (TPSA) is 189 Å². The largest absolute Gasteiger partial charge is 0.481 e. The number of pyridine rings is 2. The van der Waals surface area contributed by atoms with Gasteiger partial charge in [-0.15, -0.1) is 20.4 Å². The lowest BCUT2D eigenvalue weighted by Gasteiger charge is -2.20. The molecule has 6 aromatic rings. The molecule has 3 atom stereocenters. The fourth-order valence-corrected chi connectivity index (χ4v) is 8.77. The molecule has 0 saturated carbocycles. The molecule has 2 aliphatic heterocycles. The van der Waals surface area contributed by atoms with Crippen LogP contribution in [-0.4, -0.2) is 100 Å². The molecule has 0 bridgehead atoms. The average molecular weight is 809 g/mol. The van der Waals surface area contributed by atoms with Crippen LogP contribution >= 0.6 is 23.2 Å². The van der Waals surface area contributed by atoms with Crippen LogP contribution in [0.3, 0.4) is 0 Å². The fourth-order valence-electron chi connectivity index (χ4n) is 8.24. The van der Waals surface area contributed by atoms with E-state index >= 15 is 0 Å². The SMILES string of the molecule is COc1nc(O[C@H]2CCc3c(-c4cccc(C(=O)Nc5ccc(CN6CCC(c7nn[nH]n7)C6)cn5)c4Cl)cccc32)c(Cl)cc1CN1CCC(c2nn[nH]n2)C1. The molecular weight excluding hydrogens is 769 g/mol. The Labute approximate surface area is 337 Å². The van der Waals surface area contributed by atoms with E-state index in [1.165, 1.54) is 0 Å². The second kappa shape index (κ2) is 16.1. The first-order chi connectivity index (χ1) is 27.9. The second-order valence-electron chi connectivity index (χ2n) is 14.6. The summed E-state index contributed by atoms with van der Waals surface area (Å²) in [4.78, 5) is 27.4. The van der Waals surface area contributed by atoms with E-state index in [4.69, 9.17) is 37.7 Å². The number of fused-ring (bicyclic) bond motifs is 1. The van der Waals surface area contributed by atoms with Crippen molar-refractivity contribution in [2.24, 2.45) is 0 Å². The van der Waals surface area contributed by atoms with E-state index < -0.39 is 0 Å². The quantitative estimate of drug-likeness (QED) is 0.135. The summed E-state index contributed by atoms with van der Waals surface area (Å²) in [5.41, 5.74) is 6.11. The first-order valence-electron chi connectivity index (χ1n) is 18.9. The highest BCUT2D eigenvalue weighted by atomic mass is 35.5. The van der Waals surface area contributed by atoms with Crippen LogP contribution in [0.4, 0.5) is 5.82 Å². The molecule has 4 aromatic heterocycles. The van der Waals surface area contributed by atoms with Gasteiger partial charge in [-0.3, -0.25) is 14.6 Å². The number of nitrogens with zero attached hydrogens (tertiary/aromatic N) is 10. The van der Waals surface area contributed by atoms with Crippen LogP contribution in [0.2, 0.25) is 10.0 Å². The number of carbonyl (C=O) groups excluding carboxylic acids is 1. The highest BCUT2D eigenvalue weighted by Crippen LogP contribution is 2.44. The maximum absolute atomic E-state index is 13.6. The van der Waals surface area contributed by atoms with Gasteiger partial charge in [0, 0.05) is 55.3 Å². The van der Waals surface area contributed by atoms with Crippen molar-refractivity contribution in [3.63, 3.8) is 0 Å². The molecule has 16 nitrogen and oxygen atoms in total. The molecular formula is C39H39Cl2N13O3. The number of amides is 1. The molecule has 292 valence electrons. The molecule has 0 spiro atoms. The van der Waals surface area contributed by atoms with Crippen molar-refractivity contribution in [1.29, 1.82) is 0 Å². The highest BCUT2D eigenvalue weighted by Gasteiger charge is 2.31. The number of aromatic amines is 2. The maximum atomic E-state index is 13.6. The van der Waals surface area contributed by atoms with Crippen LogP contribution in [0.25, 0.3) is 11.1 Å². The number of hydrogen-bond acceptors (Lipinski definition) is 13. The minimum absolute atomic E-state index is 0.216. The standard InChI is InChI=1S/C39H39Cl2N13O3/c1-56-38-25(21-54-15-13-24(20-54)36-47-51-52-48-36)16-31(40)39(44-38)57-32-10-9-27-26(4-2-5-28(27)32)29-6-3-7-30(34(29)41)37(55)43-33-11-8-22(17-42-33)18-53-14-12-23(19-53)35-45-49-50-46-35/h2-8,11,16-17,23-24,32H,9-10,12-15,18-21H2,1H3,(H,42,43,55)(H,45,46,49,50)(H,47,48,51,52)/t23?,24?,32-/m0/s1. The van der Waals surface area contributed by atoms with Crippen molar-refractivity contribution in [3.05, 3.63) is 110 Å². The summed E-state index contributed by atoms with van der Waals surface area (Å²) in [6.45, 7) is 4.83. The van der Waals surface area contributed by atoms with Gasteiger partial charge < -0.3 is 14.8 Å². The lowest BCUT2D eigenvalue weighted by Crippen LogP contribution is -2.21. The van der Waals surface area contributed by atoms with E-state index in [-0.39, 0.29) is 23.8 Å². The van der Waals surface area contributed by atoms with Gasteiger partial charge in [0.15, 0.2) is 11.6 Å². The Balaban J connectivity index is 0.859. The molecule has 2 unspecified atom stereocenters. The third-order valence-corrected chi connectivity index (χ3v) is 11.7. The number of aromatic nitrogens is 10. The summed E-state index contributed by atoms with van der Waals surface area (Å²) >= 11 is 13.8. The molecule has 0 radical (unpaired) electrons. The van der Waals surface area contributed by atoms with Gasteiger partial charge in [0.1, 0.15) is 16.9 Å². The number of ether oxygens (including phenoxy) is 2. The Kier molecular flexibility index (Phi) is 10.5. The second-order valence-corrected chi connectivity index (χ2v) is 15.4. The van der Waals surface area contributed by atoms with Crippen molar-refractivity contribution >= 4 is 34.9 Å². The minimum atomic E-state index is -0.340. The first-order valence-corrected chi connectivity index (χ1v) is 19.6. The summed E-state index contributed by atoms with van der Waals surface area (Å²) in [5.74, 6) is 2.84. The van der Waals surface area contributed by atoms with Gasteiger partial charge in [-0.05, 0) is 79.2 Å². The Bertz CT molecular complexity index is 2360. The summed E-state index contributed by atoms with van der Waals surface area (Å²) < 4.78 is 12.2. The van der Waals surface area contributed by atoms with Crippen molar-refractivity contribution in [2.45, 2.75) is 56.7 Å². The number of tetrazole rings is 2. The first kappa shape index (κ1) is 37.1. The minimum Gasteiger partial charge on any atom is -0.481 e. The number of H-pyrrole nitrogens is 2. The number of likely N-dealkylation sites (tertiary alicyclic amines) is 2.